The number of ether oxygens (including phenoxy) is 1. The maximum atomic E-state index is 13.4. The predicted octanol–water partition coefficient (Wildman–Crippen LogP) is 2.33. The van der Waals surface area contributed by atoms with Gasteiger partial charge in [-0.3, -0.25) is 4.68 Å². The second-order valence-corrected chi connectivity index (χ2v) is 6.91. The molecule has 0 bridgehead atoms. The number of aliphatic imine (C=N–C) groups is 1. The Labute approximate surface area is 181 Å². The van der Waals surface area contributed by atoms with E-state index >= 15 is 0 Å². The zero-order valence-corrected chi connectivity index (χ0v) is 18.1. The summed E-state index contributed by atoms with van der Waals surface area (Å²) in [5.41, 5.74) is 0.782. The molecule has 2 heterocycles. The van der Waals surface area contributed by atoms with Crippen molar-refractivity contribution in [2.75, 3.05) is 31.5 Å². The molecule has 3 aromatic rings. The highest BCUT2D eigenvalue weighted by molar-refractivity contribution is 5.86. The van der Waals surface area contributed by atoms with Gasteiger partial charge in [0.05, 0.1) is 18.1 Å². The summed E-state index contributed by atoms with van der Waals surface area (Å²) in [5.74, 6) is 1.64. The average Bonchev–Trinajstić information content (AvgIpc) is 3.15. The van der Waals surface area contributed by atoms with Crippen LogP contribution in [0, 0.1) is 5.82 Å². The number of aryl methyl sites for hydroxylation is 1. The van der Waals surface area contributed by atoms with E-state index in [1.165, 1.54) is 18.5 Å². The summed E-state index contributed by atoms with van der Waals surface area (Å²) in [6.45, 7) is 6.50. The molecule has 0 aliphatic rings. The van der Waals surface area contributed by atoms with Gasteiger partial charge in [-0.1, -0.05) is 13.0 Å². The molecule has 1 unspecified atom stereocenters. The number of rotatable bonds is 10. The van der Waals surface area contributed by atoms with E-state index in [9.17, 15) is 4.39 Å². The van der Waals surface area contributed by atoms with Crippen molar-refractivity contribution in [1.82, 2.24) is 30.4 Å². The fourth-order valence-corrected chi connectivity index (χ4v) is 2.98. The summed E-state index contributed by atoms with van der Waals surface area (Å²) in [6, 6.07) is 6.16. The molecule has 1 aromatic carbocycles. The second kappa shape index (κ2) is 11.1. The second-order valence-electron chi connectivity index (χ2n) is 6.91. The molecule has 0 saturated heterocycles. The van der Waals surface area contributed by atoms with Crippen molar-refractivity contribution in [3.8, 4) is 5.75 Å². The van der Waals surface area contributed by atoms with Gasteiger partial charge in [-0.05, 0) is 25.5 Å². The van der Waals surface area contributed by atoms with Crippen molar-refractivity contribution in [2.45, 2.75) is 26.4 Å². The first-order chi connectivity index (χ1) is 15.1. The van der Waals surface area contributed by atoms with Crippen molar-refractivity contribution in [1.29, 1.82) is 0 Å². The molecule has 0 saturated carbocycles. The molecule has 0 aliphatic carbocycles. The van der Waals surface area contributed by atoms with Gasteiger partial charge in [0.25, 0.3) is 0 Å². The lowest BCUT2D eigenvalue weighted by atomic mass is 10.2. The van der Waals surface area contributed by atoms with Gasteiger partial charge in [-0.25, -0.2) is 19.4 Å². The molecule has 2 aromatic heterocycles. The summed E-state index contributed by atoms with van der Waals surface area (Å²) < 4.78 is 21.0. The number of aromatic nitrogens is 4. The first-order valence-corrected chi connectivity index (χ1v) is 10.4. The molecule has 3 rings (SSSR count). The minimum Gasteiger partial charge on any atom is -0.488 e. The zero-order chi connectivity index (χ0) is 22.1. The van der Waals surface area contributed by atoms with Gasteiger partial charge in [0.2, 0.25) is 0 Å². The van der Waals surface area contributed by atoms with Crippen LogP contribution < -0.4 is 20.7 Å². The largest absolute Gasteiger partial charge is 0.488 e. The van der Waals surface area contributed by atoms with Crippen LogP contribution in [0.1, 0.15) is 20.3 Å². The van der Waals surface area contributed by atoms with Crippen LogP contribution in [0.4, 0.5) is 10.2 Å². The van der Waals surface area contributed by atoms with Crippen LogP contribution in [-0.2, 0) is 7.05 Å². The van der Waals surface area contributed by atoms with Gasteiger partial charge in [0.15, 0.2) is 11.6 Å². The summed E-state index contributed by atoms with van der Waals surface area (Å²) in [7, 11) is 1.85. The zero-order valence-electron chi connectivity index (χ0n) is 18.1. The number of guanidine groups is 1. The van der Waals surface area contributed by atoms with Gasteiger partial charge in [0.1, 0.15) is 29.8 Å². The van der Waals surface area contributed by atoms with E-state index in [1.807, 2.05) is 20.9 Å². The monoisotopic (exact) mass is 428 g/mol. The van der Waals surface area contributed by atoms with Crippen molar-refractivity contribution in [2.24, 2.45) is 12.0 Å². The Balaban J connectivity index is 1.51. The van der Waals surface area contributed by atoms with Crippen LogP contribution in [0.5, 0.6) is 5.75 Å². The fourth-order valence-electron chi connectivity index (χ4n) is 2.98. The SMILES string of the molecule is CCNC(=NCC(CC)Oc1cccc(F)c1)NCCNc1ncnc2c1cnn2C. The maximum absolute atomic E-state index is 13.4. The number of fused-ring (bicyclic) bond motifs is 1. The number of benzene rings is 1. The molecular weight excluding hydrogens is 399 g/mol. The van der Waals surface area contributed by atoms with Crippen LogP contribution in [-0.4, -0.2) is 58.0 Å². The van der Waals surface area contributed by atoms with Gasteiger partial charge < -0.3 is 20.7 Å². The Morgan fingerprint density at radius 3 is 2.87 bits per heavy atom. The molecule has 166 valence electrons. The van der Waals surface area contributed by atoms with Crippen LogP contribution in [0.2, 0.25) is 0 Å². The first-order valence-electron chi connectivity index (χ1n) is 10.4. The van der Waals surface area contributed by atoms with Gasteiger partial charge in [-0.2, -0.15) is 5.10 Å². The van der Waals surface area contributed by atoms with Crippen LogP contribution in [0.15, 0.2) is 41.8 Å². The number of hydrogen-bond acceptors (Lipinski definition) is 6. The van der Waals surface area contributed by atoms with E-state index in [-0.39, 0.29) is 11.9 Å². The average molecular weight is 429 g/mol. The van der Waals surface area contributed by atoms with Crippen molar-refractivity contribution < 1.29 is 9.13 Å². The van der Waals surface area contributed by atoms with Crippen molar-refractivity contribution in [3.05, 3.63) is 42.6 Å². The van der Waals surface area contributed by atoms with E-state index in [1.54, 1.807) is 23.0 Å². The maximum Gasteiger partial charge on any atom is 0.191 e. The molecule has 3 N–H and O–H groups in total. The predicted molar refractivity (Wildman–Crippen MR) is 120 cm³/mol. The lowest BCUT2D eigenvalue weighted by Gasteiger charge is -2.17. The highest BCUT2D eigenvalue weighted by atomic mass is 19.1. The lowest BCUT2D eigenvalue weighted by Crippen LogP contribution is -2.40. The van der Waals surface area contributed by atoms with E-state index in [0.29, 0.717) is 31.3 Å². The topological polar surface area (TPSA) is 101 Å². The van der Waals surface area contributed by atoms with Crippen molar-refractivity contribution in [3.63, 3.8) is 0 Å². The molecule has 0 aliphatic heterocycles. The first kappa shape index (κ1) is 22.3. The quantitative estimate of drug-likeness (QED) is 0.259. The standard InChI is InChI=1S/C21H29FN8O/c1-4-16(31-17-8-6-7-15(22)11-17)12-26-21(23-5-2)25-10-9-24-19-18-13-29-30(3)20(18)28-14-27-19/h6-8,11,13-14,16H,4-5,9-10,12H2,1-3H3,(H2,23,25,26)(H,24,27,28). The highest BCUT2D eigenvalue weighted by Crippen LogP contribution is 2.17. The van der Waals surface area contributed by atoms with E-state index in [0.717, 1.165) is 29.8 Å². The third kappa shape index (κ3) is 6.27. The number of hydrogen-bond donors (Lipinski definition) is 3. The summed E-state index contributed by atoms with van der Waals surface area (Å²) >= 11 is 0. The third-order valence-electron chi connectivity index (χ3n) is 4.59. The Morgan fingerprint density at radius 2 is 2.10 bits per heavy atom. The molecule has 0 amide bonds. The van der Waals surface area contributed by atoms with Gasteiger partial charge in [-0.15, -0.1) is 0 Å². The Hall–Kier alpha value is -3.43. The summed E-state index contributed by atoms with van der Waals surface area (Å²) in [5, 5.41) is 14.9. The fraction of sp³-hybridized carbons (Fsp3) is 0.429. The van der Waals surface area contributed by atoms with E-state index in [2.05, 4.69) is 36.0 Å². The number of halogens is 1. The lowest BCUT2D eigenvalue weighted by molar-refractivity contribution is 0.205. The molecule has 9 nitrogen and oxygen atoms in total. The summed E-state index contributed by atoms with van der Waals surface area (Å²) in [4.78, 5) is 13.1. The van der Waals surface area contributed by atoms with E-state index in [4.69, 9.17) is 4.74 Å². The molecule has 1 atom stereocenters. The van der Waals surface area contributed by atoms with Gasteiger partial charge in [0, 0.05) is 32.7 Å². The Morgan fingerprint density at radius 1 is 1.23 bits per heavy atom. The molecular formula is C21H29FN8O. The van der Waals surface area contributed by atoms with Gasteiger partial charge >= 0.3 is 0 Å². The molecule has 10 heteroatoms. The number of nitrogens with zero attached hydrogens (tertiary/aromatic N) is 5. The Bertz CT molecular complexity index is 1010. The molecule has 31 heavy (non-hydrogen) atoms. The van der Waals surface area contributed by atoms with E-state index < -0.39 is 0 Å². The molecule has 0 radical (unpaired) electrons. The van der Waals surface area contributed by atoms with Crippen molar-refractivity contribution >= 4 is 22.8 Å². The highest BCUT2D eigenvalue weighted by Gasteiger charge is 2.10. The molecule has 0 fully saturated rings. The van der Waals surface area contributed by atoms with Crippen LogP contribution in [0.3, 0.4) is 0 Å². The van der Waals surface area contributed by atoms with Crippen LogP contribution in [0.25, 0.3) is 11.0 Å². The summed E-state index contributed by atoms with van der Waals surface area (Å²) in [6.07, 6.45) is 3.89. The smallest absolute Gasteiger partial charge is 0.191 e. The third-order valence-corrected chi connectivity index (χ3v) is 4.59. The van der Waals surface area contributed by atoms with Crippen LogP contribution >= 0.6 is 0 Å². The Kier molecular flexibility index (Phi) is 7.97. The number of anilines is 1. The minimum atomic E-state index is -0.314. The normalized spacial score (nSPS) is 12.6. The molecule has 0 spiro atoms. The number of nitrogens with one attached hydrogen (secondary N) is 3. The minimum absolute atomic E-state index is 0.143.